The van der Waals surface area contributed by atoms with Crippen molar-refractivity contribution in [2.24, 2.45) is 0 Å². The van der Waals surface area contributed by atoms with Gasteiger partial charge in [-0.05, 0) is 20.8 Å². The number of carbonyl (C=O) groups is 2. The van der Waals surface area contributed by atoms with E-state index >= 15 is 0 Å². The van der Waals surface area contributed by atoms with Crippen LogP contribution in [0.4, 0.5) is 4.79 Å². The normalized spacial score (nSPS) is 13.8. The van der Waals surface area contributed by atoms with Gasteiger partial charge in [-0.1, -0.05) is 0 Å². The van der Waals surface area contributed by atoms with Crippen LogP contribution in [-0.4, -0.2) is 49.2 Å². The molecular weight excluding hydrogens is 262 g/mol. The van der Waals surface area contributed by atoms with Gasteiger partial charge in [0.1, 0.15) is 15.4 Å². The van der Waals surface area contributed by atoms with Crippen LogP contribution in [0.3, 0.4) is 0 Å². The number of amides is 1. The maximum absolute atomic E-state index is 11.4. The molecule has 2 N–H and O–H groups in total. The number of carbonyl (C=O) groups excluding carboxylic acids is 1. The maximum atomic E-state index is 11.4. The minimum atomic E-state index is -3.39. The standard InChI is InChI=1S/C10H19NO6S/c1-10(2,3)17-9(14)11-7(5-8(12)13)6-18(4,15)16/h7H,5-6H2,1-4H3,(H,11,14)(H,12,13)/t7-/m1/s1. The zero-order valence-electron chi connectivity index (χ0n) is 10.9. The van der Waals surface area contributed by atoms with Crippen molar-refractivity contribution in [2.75, 3.05) is 12.0 Å². The fraction of sp³-hybridized carbons (Fsp3) is 0.800. The fourth-order valence-electron chi connectivity index (χ4n) is 1.20. The molecule has 0 aliphatic heterocycles. The first-order valence-electron chi connectivity index (χ1n) is 5.28. The van der Waals surface area contributed by atoms with Crippen LogP contribution in [-0.2, 0) is 19.4 Å². The molecule has 1 atom stereocenters. The highest BCUT2D eigenvalue weighted by molar-refractivity contribution is 7.90. The second kappa shape index (κ2) is 6.03. The molecule has 0 aromatic rings. The molecular formula is C10H19NO6S. The predicted octanol–water partition coefficient (Wildman–Crippen LogP) is 0.399. The first kappa shape index (κ1) is 16.7. The monoisotopic (exact) mass is 281 g/mol. The molecule has 0 aromatic heterocycles. The van der Waals surface area contributed by atoms with Gasteiger partial charge in [-0.25, -0.2) is 13.2 Å². The van der Waals surface area contributed by atoms with Crippen molar-refractivity contribution >= 4 is 21.9 Å². The lowest BCUT2D eigenvalue weighted by atomic mass is 10.2. The van der Waals surface area contributed by atoms with Crippen LogP contribution in [0.2, 0.25) is 0 Å². The van der Waals surface area contributed by atoms with E-state index in [-0.39, 0.29) is 0 Å². The maximum Gasteiger partial charge on any atom is 0.407 e. The average molecular weight is 281 g/mol. The summed E-state index contributed by atoms with van der Waals surface area (Å²) in [4.78, 5) is 22.0. The molecule has 0 bridgehead atoms. The van der Waals surface area contributed by atoms with E-state index < -0.39 is 45.7 Å². The van der Waals surface area contributed by atoms with Crippen LogP contribution in [0.15, 0.2) is 0 Å². The predicted molar refractivity (Wildman–Crippen MR) is 65.1 cm³/mol. The van der Waals surface area contributed by atoms with Crippen LogP contribution in [0, 0.1) is 0 Å². The molecule has 0 heterocycles. The summed E-state index contributed by atoms with van der Waals surface area (Å²) in [5.74, 6) is -1.64. The summed E-state index contributed by atoms with van der Waals surface area (Å²) >= 11 is 0. The van der Waals surface area contributed by atoms with Crippen LogP contribution < -0.4 is 5.32 Å². The van der Waals surface area contributed by atoms with E-state index in [4.69, 9.17) is 9.84 Å². The first-order chi connectivity index (χ1) is 7.89. The molecule has 7 nitrogen and oxygen atoms in total. The Morgan fingerprint density at radius 3 is 2.17 bits per heavy atom. The zero-order valence-corrected chi connectivity index (χ0v) is 11.7. The molecule has 18 heavy (non-hydrogen) atoms. The minimum Gasteiger partial charge on any atom is -0.481 e. The summed E-state index contributed by atoms with van der Waals surface area (Å²) in [6, 6.07) is -1.01. The lowest BCUT2D eigenvalue weighted by Gasteiger charge is -2.22. The van der Waals surface area contributed by atoms with Gasteiger partial charge < -0.3 is 15.2 Å². The number of sulfone groups is 1. The summed E-state index contributed by atoms with van der Waals surface area (Å²) in [5.41, 5.74) is -0.733. The van der Waals surface area contributed by atoms with Crippen molar-refractivity contribution in [3.63, 3.8) is 0 Å². The Kier molecular flexibility index (Phi) is 5.59. The van der Waals surface area contributed by atoms with E-state index in [1.165, 1.54) is 0 Å². The molecule has 8 heteroatoms. The van der Waals surface area contributed by atoms with Crippen LogP contribution in [0.5, 0.6) is 0 Å². The van der Waals surface area contributed by atoms with Gasteiger partial charge in [0.05, 0.1) is 18.2 Å². The Morgan fingerprint density at radius 1 is 1.33 bits per heavy atom. The smallest absolute Gasteiger partial charge is 0.407 e. The summed E-state index contributed by atoms with van der Waals surface area (Å²) in [6.07, 6.45) is -0.345. The van der Waals surface area contributed by atoms with Gasteiger partial charge in [-0.3, -0.25) is 4.79 Å². The highest BCUT2D eigenvalue weighted by Crippen LogP contribution is 2.07. The third-order valence-electron chi connectivity index (χ3n) is 1.65. The van der Waals surface area contributed by atoms with E-state index in [0.717, 1.165) is 6.26 Å². The van der Waals surface area contributed by atoms with Gasteiger partial charge in [0.15, 0.2) is 0 Å². The highest BCUT2D eigenvalue weighted by atomic mass is 32.2. The van der Waals surface area contributed by atoms with Crippen molar-refractivity contribution in [2.45, 2.75) is 38.8 Å². The summed E-state index contributed by atoms with van der Waals surface area (Å²) in [6.45, 7) is 4.94. The molecule has 1 amide bonds. The molecule has 0 spiro atoms. The van der Waals surface area contributed by atoms with Gasteiger partial charge >= 0.3 is 12.1 Å². The summed E-state index contributed by atoms with van der Waals surface area (Å²) in [5, 5.41) is 10.9. The van der Waals surface area contributed by atoms with Gasteiger partial charge in [-0.2, -0.15) is 0 Å². The van der Waals surface area contributed by atoms with Crippen molar-refractivity contribution in [3.8, 4) is 0 Å². The number of carboxylic acids is 1. The highest BCUT2D eigenvalue weighted by Gasteiger charge is 2.23. The molecule has 0 rings (SSSR count). The Hall–Kier alpha value is -1.31. The molecule has 0 fully saturated rings. The van der Waals surface area contributed by atoms with Crippen LogP contribution in [0.25, 0.3) is 0 Å². The zero-order chi connectivity index (χ0) is 14.6. The van der Waals surface area contributed by atoms with E-state index in [2.05, 4.69) is 5.32 Å². The number of hydrogen-bond acceptors (Lipinski definition) is 5. The van der Waals surface area contributed by atoms with E-state index in [0.29, 0.717) is 0 Å². The summed E-state index contributed by atoms with van der Waals surface area (Å²) < 4.78 is 27.1. The lowest BCUT2D eigenvalue weighted by molar-refractivity contribution is -0.137. The second-order valence-corrected chi connectivity index (χ2v) is 7.22. The first-order valence-corrected chi connectivity index (χ1v) is 7.34. The van der Waals surface area contributed by atoms with Gasteiger partial charge in [0.25, 0.3) is 0 Å². The molecule has 0 unspecified atom stereocenters. The van der Waals surface area contributed by atoms with Crippen molar-refractivity contribution in [1.29, 1.82) is 0 Å². The molecule has 0 aliphatic rings. The average Bonchev–Trinajstić information content (AvgIpc) is 1.92. The van der Waals surface area contributed by atoms with Gasteiger partial charge in [-0.15, -0.1) is 0 Å². The number of alkyl carbamates (subject to hydrolysis) is 1. The SMILES string of the molecule is CC(C)(C)OC(=O)N[C@H](CC(=O)O)CS(C)(=O)=O. The third kappa shape index (κ3) is 9.88. The van der Waals surface area contributed by atoms with E-state index in [1.54, 1.807) is 20.8 Å². The number of nitrogens with one attached hydrogen (secondary N) is 1. The number of ether oxygens (including phenoxy) is 1. The number of aliphatic carboxylic acids is 1. The molecule has 106 valence electrons. The molecule has 0 radical (unpaired) electrons. The van der Waals surface area contributed by atoms with Crippen molar-refractivity contribution in [1.82, 2.24) is 5.32 Å². The minimum absolute atomic E-state index is 0.446. The second-order valence-electron chi connectivity index (χ2n) is 5.03. The Labute approximate surface area is 106 Å². The van der Waals surface area contributed by atoms with Gasteiger partial charge in [0.2, 0.25) is 0 Å². The van der Waals surface area contributed by atoms with Gasteiger partial charge in [0, 0.05) is 6.26 Å². The third-order valence-corrected chi connectivity index (χ3v) is 2.65. The van der Waals surface area contributed by atoms with E-state index in [9.17, 15) is 18.0 Å². The number of carboxylic acid groups (broad SMARTS) is 1. The number of hydrogen-bond donors (Lipinski definition) is 2. The fourth-order valence-corrected chi connectivity index (χ4v) is 2.13. The molecule has 0 aromatic carbocycles. The summed E-state index contributed by atoms with van der Waals surface area (Å²) in [7, 11) is -3.39. The van der Waals surface area contributed by atoms with Crippen LogP contribution in [0.1, 0.15) is 27.2 Å². The Morgan fingerprint density at radius 2 is 1.83 bits per heavy atom. The molecule has 0 saturated heterocycles. The quantitative estimate of drug-likeness (QED) is 0.754. The van der Waals surface area contributed by atoms with E-state index in [1.807, 2.05) is 0 Å². The van der Waals surface area contributed by atoms with Crippen molar-refractivity contribution in [3.05, 3.63) is 0 Å². The Bertz CT molecular complexity index is 409. The van der Waals surface area contributed by atoms with Crippen LogP contribution >= 0.6 is 0 Å². The molecule has 0 aliphatic carbocycles. The topological polar surface area (TPSA) is 110 Å². The number of rotatable bonds is 5. The molecule has 0 saturated carbocycles. The largest absolute Gasteiger partial charge is 0.481 e. The Balaban J connectivity index is 4.59. The lowest BCUT2D eigenvalue weighted by Crippen LogP contribution is -2.43. The van der Waals surface area contributed by atoms with Crippen molar-refractivity contribution < 1.29 is 27.9 Å².